The zero-order chi connectivity index (χ0) is 12.4. The molecule has 0 atom stereocenters. The average molecular weight is 249 g/mol. The summed E-state index contributed by atoms with van der Waals surface area (Å²) in [6, 6.07) is 5.33. The van der Waals surface area contributed by atoms with E-state index in [1.54, 1.807) is 12.1 Å². The molecule has 0 spiro atoms. The fourth-order valence-corrected chi connectivity index (χ4v) is 2.02. The summed E-state index contributed by atoms with van der Waals surface area (Å²) in [4.78, 5) is 14.9. The minimum Gasteiger partial charge on any atom is -0.330 e. The van der Waals surface area contributed by atoms with E-state index in [0.29, 0.717) is 17.1 Å². The molecule has 0 aliphatic rings. The van der Waals surface area contributed by atoms with E-state index >= 15 is 0 Å². The van der Waals surface area contributed by atoms with Gasteiger partial charge in [0.25, 0.3) is 0 Å². The summed E-state index contributed by atoms with van der Waals surface area (Å²) >= 11 is 6.12. The Morgan fingerprint density at radius 2 is 2.18 bits per heavy atom. The number of aryl methyl sites for hydroxylation is 2. The number of hydrogen-bond acceptors (Lipinski definition) is 2. The van der Waals surface area contributed by atoms with Crippen molar-refractivity contribution < 1.29 is 4.79 Å². The lowest BCUT2D eigenvalue weighted by atomic mass is 10.1. The largest absolute Gasteiger partial charge is 0.330 e. The molecule has 0 unspecified atom stereocenters. The first kappa shape index (κ1) is 11.9. The molecule has 0 saturated heterocycles. The lowest BCUT2D eigenvalue weighted by Gasteiger charge is -2.07. The van der Waals surface area contributed by atoms with Gasteiger partial charge >= 0.3 is 0 Å². The van der Waals surface area contributed by atoms with Gasteiger partial charge in [-0.1, -0.05) is 23.7 Å². The van der Waals surface area contributed by atoms with E-state index in [1.807, 2.05) is 30.7 Å². The zero-order valence-corrected chi connectivity index (χ0v) is 10.5. The Hall–Kier alpha value is -1.61. The van der Waals surface area contributed by atoms with Crippen LogP contribution >= 0.6 is 11.6 Å². The number of carbonyl (C=O) groups excluding carboxylic acids is 1. The van der Waals surface area contributed by atoms with Crippen molar-refractivity contribution in [3.63, 3.8) is 0 Å². The first-order valence-electron chi connectivity index (χ1n) is 5.34. The van der Waals surface area contributed by atoms with Crippen molar-refractivity contribution in [2.24, 2.45) is 0 Å². The molecule has 88 valence electrons. The molecule has 2 aromatic rings. The summed E-state index contributed by atoms with van der Waals surface area (Å²) in [5.41, 5.74) is 2.57. The van der Waals surface area contributed by atoms with Gasteiger partial charge in [-0.05, 0) is 25.5 Å². The van der Waals surface area contributed by atoms with Crippen molar-refractivity contribution >= 4 is 17.9 Å². The molecule has 0 bridgehead atoms. The van der Waals surface area contributed by atoms with Crippen LogP contribution in [0, 0.1) is 13.8 Å². The maximum atomic E-state index is 10.6. The maximum absolute atomic E-state index is 10.6. The Labute approximate surface area is 105 Å². The number of aromatic nitrogens is 2. The van der Waals surface area contributed by atoms with E-state index in [9.17, 15) is 4.79 Å². The molecule has 1 heterocycles. The molecule has 1 aromatic carbocycles. The highest BCUT2D eigenvalue weighted by Gasteiger charge is 2.05. The highest BCUT2D eigenvalue weighted by molar-refractivity contribution is 6.31. The minimum absolute atomic E-state index is 0.595. The van der Waals surface area contributed by atoms with Gasteiger partial charge in [-0.3, -0.25) is 4.79 Å². The fraction of sp³-hybridized carbons (Fsp3) is 0.231. The number of aldehydes is 1. The van der Waals surface area contributed by atoms with Gasteiger partial charge in [0.1, 0.15) is 12.1 Å². The Bertz CT molecular complexity index is 561. The number of hydrogen-bond donors (Lipinski definition) is 0. The van der Waals surface area contributed by atoms with Crippen LogP contribution in [0.4, 0.5) is 0 Å². The van der Waals surface area contributed by atoms with Crippen LogP contribution in [-0.4, -0.2) is 15.8 Å². The highest BCUT2D eigenvalue weighted by atomic mass is 35.5. The third kappa shape index (κ3) is 2.56. The quantitative estimate of drug-likeness (QED) is 0.783. The molecule has 0 amide bonds. The topological polar surface area (TPSA) is 34.9 Å². The summed E-state index contributed by atoms with van der Waals surface area (Å²) in [7, 11) is 0. The molecule has 1 aromatic heterocycles. The molecule has 0 saturated carbocycles. The van der Waals surface area contributed by atoms with Gasteiger partial charge in [0.05, 0.1) is 12.2 Å². The second kappa shape index (κ2) is 4.72. The second-order valence-corrected chi connectivity index (χ2v) is 4.43. The van der Waals surface area contributed by atoms with Crippen molar-refractivity contribution in [2.75, 3.05) is 0 Å². The highest BCUT2D eigenvalue weighted by Crippen LogP contribution is 2.19. The van der Waals surface area contributed by atoms with Crippen LogP contribution in [0.3, 0.4) is 0 Å². The Kier molecular flexibility index (Phi) is 3.29. The van der Waals surface area contributed by atoms with Crippen LogP contribution in [0.25, 0.3) is 0 Å². The maximum Gasteiger partial charge on any atom is 0.150 e. The van der Waals surface area contributed by atoms with Crippen molar-refractivity contribution in [3.05, 3.63) is 52.1 Å². The van der Waals surface area contributed by atoms with Gasteiger partial charge < -0.3 is 4.57 Å². The predicted molar refractivity (Wildman–Crippen MR) is 67.6 cm³/mol. The molecule has 3 nitrogen and oxygen atoms in total. The van der Waals surface area contributed by atoms with Gasteiger partial charge in [0, 0.05) is 16.8 Å². The molecule has 0 aliphatic carbocycles. The Balaban J connectivity index is 2.30. The van der Waals surface area contributed by atoms with Crippen LogP contribution in [0.1, 0.15) is 27.4 Å². The van der Waals surface area contributed by atoms with E-state index in [2.05, 4.69) is 4.98 Å². The lowest BCUT2D eigenvalue weighted by Crippen LogP contribution is -2.01. The molecule has 0 aliphatic heterocycles. The molecular formula is C13H13ClN2O. The number of nitrogens with zero attached hydrogens (tertiary/aromatic N) is 2. The van der Waals surface area contributed by atoms with E-state index in [0.717, 1.165) is 23.4 Å². The third-order valence-corrected chi connectivity index (χ3v) is 3.00. The summed E-state index contributed by atoms with van der Waals surface area (Å²) in [5.74, 6) is 0.957. The van der Waals surface area contributed by atoms with Gasteiger partial charge in [0.2, 0.25) is 0 Å². The van der Waals surface area contributed by atoms with E-state index in [-0.39, 0.29) is 0 Å². The second-order valence-electron chi connectivity index (χ2n) is 4.03. The zero-order valence-electron chi connectivity index (χ0n) is 9.77. The first-order chi connectivity index (χ1) is 8.10. The molecule has 0 radical (unpaired) electrons. The standard InChI is InChI=1S/C13H13ClN2O/c1-9-6-16(10(2)15-9)7-12-4-3-11(8-17)5-13(12)14/h3-6,8H,7H2,1-2H3. The Morgan fingerprint density at radius 3 is 2.71 bits per heavy atom. The number of imidazole rings is 1. The van der Waals surface area contributed by atoms with Gasteiger partial charge in [-0.2, -0.15) is 0 Å². The normalized spacial score (nSPS) is 10.5. The van der Waals surface area contributed by atoms with E-state index in [1.165, 1.54) is 0 Å². The van der Waals surface area contributed by atoms with Crippen LogP contribution in [-0.2, 0) is 6.54 Å². The molecular weight excluding hydrogens is 236 g/mol. The number of benzene rings is 1. The monoisotopic (exact) mass is 248 g/mol. The van der Waals surface area contributed by atoms with Crippen molar-refractivity contribution in [1.29, 1.82) is 0 Å². The summed E-state index contributed by atoms with van der Waals surface area (Å²) in [6.07, 6.45) is 2.78. The number of halogens is 1. The first-order valence-corrected chi connectivity index (χ1v) is 5.72. The van der Waals surface area contributed by atoms with Crippen LogP contribution in [0.5, 0.6) is 0 Å². The van der Waals surface area contributed by atoms with E-state index < -0.39 is 0 Å². The van der Waals surface area contributed by atoms with Crippen molar-refractivity contribution in [3.8, 4) is 0 Å². The minimum atomic E-state index is 0.595. The van der Waals surface area contributed by atoms with E-state index in [4.69, 9.17) is 11.6 Å². The molecule has 2 rings (SSSR count). The van der Waals surface area contributed by atoms with Gasteiger partial charge in [-0.15, -0.1) is 0 Å². The van der Waals surface area contributed by atoms with Crippen LogP contribution in [0.15, 0.2) is 24.4 Å². The average Bonchev–Trinajstić information content (AvgIpc) is 2.60. The number of carbonyl (C=O) groups is 1. The summed E-state index contributed by atoms with van der Waals surface area (Å²) in [6.45, 7) is 4.59. The van der Waals surface area contributed by atoms with Crippen molar-refractivity contribution in [1.82, 2.24) is 9.55 Å². The summed E-state index contributed by atoms with van der Waals surface area (Å²) < 4.78 is 2.04. The smallest absolute Gasteiger partial charge is 0.150 e. The molecule has 0 fully saturated rings. The Morgan fingerprint density at radius 1 is 1.41 bits per heavy atom. The van der Waals surface area contributed by atoms with Gasteiger partial charge in [0.15, 0.2) is 0 Å². The van der Waals surface area contributed by atoms with Crippen LogP contribution < -0.4 is 0 Å². The molecule has 17 heavy (non-hydrogen) atoms. The predicted octanol–water partition coefficient (Wildman–Crippen LogP) is 3.01. The van der Waals surface area contributed by atoms with Gasteiger partial charge in [-0.25, -0.2) is 4.98 Å². The molecule has 4 heteroatoms. The number of rotatable bonds is 3. The lowest BCUT2D eigenvalue weighted by molar-refractivity contribution is 0.112. The summed E-state index contributed by atoms with van der Waals surface area (Å²) in [5, 5.41) is 0.611. The fourth-order valence-electron chi connectivity index (χ4n) is 1.78. The molecule has 0 N–H and O–H groups in total. The van der Waals surface area contributed by atoms with Crippen molar-refractivity contribution in [2.45, 2.75) is 20.4 Å². The third-order valence-electron chi connectivity index (χ3n) is 2.65. The SMILES string of the molecule is Cc1cn(Cc2ccc(C=O)cc2Cl)c(C)n1. The van der Waals surface area contributed by atoms with Crippen LogP contribution in [0.2, 0.25) is 5.02 Å².